The van der Waals surface area contributed by atoms with Crippen molar-refractivity contribution in [1.82, 2.24) is 9.88 Å². The Morgan fingerprint density at radius 2 is 2.00 bits per heavy atom. The summed E-state index contributed by atoms with van der Waals surface area (Å²) in [6.45, 7) is 5.55. The van der Waals surface area contributed by atoms with Crippen molar-refractivity contribution in [3.05, 3.63) is 23.9 Å². The van der Waals surface area contributed by atoms with Gasteiger partial charge in [-0.25, -0.2) is 4.98 Å². The van der Waals surface area contributed by atoms with Crippen molar-refractivity contribution in [2.24, 2.45) is 5.73 Å². The molecular formula is C14H20N4O3. The fraction of sp³-hybridized carbons (Fsp3) is 0.571. The van der Waals surface area contributed by atoms with Crippen LogP contribution in [-0.2, 0) is 9.47 Å². The first-order chi connectivity index (χ1) is 10.2. The number of aromatic nitrogens is 1. The molecule has 3 rings (SSSR count). The average molecular weight is 292 g/mol. The Hall–Kier alpha value is -1.70. The summed E-state index contributed by atoms with van der Waals surface area (Å²) >= 11 is 0. The van der Waals surface area contributed by atoms with E-state index in [0.717, 1.165) is 32.7 Å². The van der Waals surface area contributed by atoms with Gasteiger partial charge in [-0.3, -0.25) is 9.69 Å². The molecule has 2 aliphatic rings. The Balaban J connectivity index is 1.59. The van der Waals surface area contributed by atoms with Gasteiger partial charge in [-0.2, -0.15) is 0 Å². The molecule has 7 nitrogen and oxygen atoms in total. The summed E-state index contributed by atoms with van der Waals surface area (Å²) in [6, 6.07) is 3.45. The highest BCUT2D eigenvalue weighted by Gasteiger charge is 2.25. The van der Waals surface area contributed by atoms with Gasteiger partial charge in [0.05, 0.1) is 18.8 Å². The van der Waals surface area contributed by atoms with Crippen LogP contribution in [0.2, 0.25) is 0 Å². The zero-order valence-electron chi connectivity index (χ0n) is 11.9. The summed E-state index contributed by atoms with van der Waals surface area (Å²) in [5.74, 6) is 0.242. The van der Waals surface area contributed by atoms with E-state index in [0.29, 0.717) is 24.6 Å². The van der Waals surface area contributed by atoms with Crippen molar-refractivity contribution >= 4 is 11.7 Å². The number of pyridine rings is 1. The number of piperazine rings is 1. The van der Waals surface area contributed by atoms with Gasteiger partial charge in [0.15, 0.2) is 6.29 Å². The Labute approximate surface area is 123 Å². The fourth-order valence-corrected chi connectivity index (χ4v) is 2.71. The van der Waals surface area contributed by atoms with Gasteiger partial charge in [-0.1, -0.05) is 0 Å². The molecule has 2 fully saturated rings. The molecule has 0 aliphatic carbocycles. The lowest BCUT2D eigenvalue weighted by Gasteiger charge is -2.36. The second kappa shape index (κ2) is 6.38. The quantitative estimate of drug-likeness (QED) is 0.819. The van der Waals surface area contributed by atoms with E-state index in [1.165, 1.54) is 0 Å². The van der Waals surface area contributed by atoms with Crippen molar-refractivity contribution < 1.29 is 14.3 Å². The minimum Gasteiger partial charge on any atom is -0.365 e. The number of ether oxygens (including phenoxy) is 2. The van der Waals surface area contributed by atoms with Crippen molar-refractivity contribution in [1.29, 1.82) is 0 Å². The Bertz CT molecular complexity index is 497. The molecule has 114 valence electrons. The third kappa shape index (κ3) is 3.31. The molecule has 0 aromatic carbocycles. The number of amides is 1. The second-order valence-corrected chi connectivity index (χ2v) is 5.20. The van der Waals surface area contributed by atoms with E-state index in [-0.39, 0.29) is 6.29 Å². The molecule has 7 heteroatoms. The number of hydrogen-bond acceptors (Lipinski definition) is 6. The fourth-order valence-electron chi connectivity index (χ4n) is 2.71. The summed E-state index contributed by atoms with van der Waals surface area (Å²) in [6.07, 6.45) is 1.58. The summed E-state index contributed by atoms with van der Waals surface area (Å²) in [5, 5.41) is 0. The highest BCUT2D eigenvalue weighted by atomic mass is 16.7. The van der Waals surface area contributed by atoms with Crippen molar-refractivity contribution in [2.45, 2.75) is 6.29 Å². The molecule has 0 saturated carbocycles. The SMILES string of the molecule is NC(=O)c1cccnc1N1CCN(CC2OCCO2)CC1. The number of anilines is 1. The maximum Gasteiger partial charge on any atom is 0.252 e. The van der Waals surface area contributed by atoms with Crippen LogP contribution >= 0.6 is 0 Å². The van der Waals surface area contributed by atoms with Crippen LogP contribution in [0.3, 0.4) is 0 Å². The zero-order valence-corrected chi connectivity index (χ0v) is 11.9. The first kappa shape index (κ1) is 14.2. The van der Waals surface area contributed by atoms with E-state index in [9.17, 15) is 4.79 Å². The lowest BCUT2D eigenvalue weighted by Crippen LogP contribution is -2.49. The first-order valence-electron chi connectivity index (χ1n) is 7.19. The van der Waals surface area contributed by atoms with Gasteiger partial charge in [0.2, 0.25) is 0 Å². The first-order valence-corrected chi connectivity index (χ1v) is 7.19. The minimum absolute atomic E-state index is 0.104. The highest BCUT2D eigenvalue weighted by molar-refractivity contribution is 5.97. The number of nitrogens with zero attached hydrogens (tertiary/aromatic N) is 3. The standard InChI is InChI=1S/C14H20N4O3/c15-13(19)11-2-1-3-16-14(11)18-6-4-17(5-7-18)10-12-20-8-9-21-12/h1-3,12H,4-10H2,(H2,15,19). The van der Waals surface area contributed by atoms with E-state index >= 15 is 0 Å². The van der Waals surface area contributed by atoms with Crippen molar-refractivity contribution in [3.8, 4) is 0 Å². The number of carbonyl (C=O) groups is 1. The predicted octanol–water partition coefficient (Wildman–Crippen LogP) is -0.325. The molecule has 2 aliphatic heterocycles. The molecule has 2 saturated heterocycles. The maximum absolute atomic E-state index is 11.5. The molecule has 2 N–H and O–H groups in total. The van der Waals surface area contributed by atoms with Crippen LogP contribution in [0.25, 0.3) is 0 Å². The summed E-state index contributed by atoms with van der Waals surface area (Å²) in [4.78, 5) is 20.2. The van der Waals surface area contributed by atoms with E-state index in [2.05, 4.69) is 14.8 Å². The molecule has 0 unspecified atom stereocenters. The average Bonchev–Trinajstić information content (AvgIpc) is 3.01. The molecule has 1 aromatic heterocycles. The van der Waals surface area contributed by atoms with Crippen LogP contribution in [0, 0.1) is 0 Å². The van der Waals surface area contributed by atoms with Gasteiger partial charge < -0.3 is 20.1 Å². The molecular weight excluding hydrogens is 272 g/mol. The summed E-state index contributed by atoms with van der Waals surface area (Å²) in [5.41, 5.74) is 5.89. The lowest BCUT2D eigenvalue weighted by molar-refractivity contribution is -0.0624. The van der Waals surface area contributed by atoms with Crippen LogP contribution in [-0.4, -0.2) is 68.0 Å². The zero-order chi connectivity index (χ0) is 14.7. The molecule has 0 spiro atoms. The van der Waals surface area contributed by atoms with Crippen LogP contribution in [0.1, 0.15) is 10.4 Å². The second-order valence-electron chi connectivity index (χ2n) is 5.20. The van der Waals surface area contributed by atoms with E-state index in [1.54, 1.807) is 18.3 Å². The predicted molar refractivity (Wildman–Crippen MR) is 77.1 cm³/mol. The van der Waals surface area contributed by atoms with Gasteiger partial charge in [-0.15, -0.1) is 0 Å². The Morgan fingerprint density at radius 3 is 2.67 bits per heavy atom. The summed E-state index contributed by atoms with van der Waals surface area (Å²) in [7, 11) is 0. The number of carbonyl (C=O) groups excluding carboxylic acids is 1. The number of hydrogen-bond donors (Lipinski definition) is 1. The summed E-state index contributed by atoms with van der Waals surface area (Å²) < 4.78 is 10.9. The van der Waals surface area contributed by atoms with Crippen molar-refractivity contribution in [3.63, 3.8) is 0 Å². The minimum atomic E-state index is -0.437. The van der Waals surface area contributed by atoms with Crippen LogP contribution < -0.4 is 10.6 Å². The monoisotopic (exact) mass is 292 g/mol. The van der Waals surface area contributed by atoms with Crippen LogP contribution in [0.4, 0.5) is 5.82 Å². The van der Waals surface area contributed by atoms with E-state index in [1.807, 2.05) is 0 Å². The number of primary amides is 1. The molecule has 3 heterocycles. The third-order valence-corrected chi connectivity index (χ3v) is 3.82. The van der Waals surface area contributed by atoms with E-state index < -0.39 is 5.91 Å². The normalized spacial score (nSPS) is 20.9. The van der Waals surface area contributed by atoms with E-state index in [4.69, 9.17) is 15.2 Å². The lowest BCUT2D eigenvalue weighted by atomic mass is 10.2. The van der Waals surface area contributed by atoms with Gasteiger partial charge in [-0.05, 0) is 12.1 Å². The molecule has 0 radical (unpaired) electrons. The largest absolute Gasteiger partial charge is 0.365 e. The van der Waals surface area contributed by atoms with Gasteiger partial charge in [0.25, 0.3) is 5.91 Å². The van der Waals surface area contributed by atoms with Gasteiger partial charge in [0.1, 0.15) is 5.82 Å². The Kier molecular flexibility index (Phi) is 4.33. The van der Waals surface area contributed by atoms with Crippen molar-refractivity contribution in [2.75, 3.05) is 50.8 Å². The van der Waals surface area contributed by atoms with Crippen LogP contribution in [0.5, 0.6) is 0 Å². The molecule has 21 heavy (non-hydrogen) atoms. The molecule has 1 amide bonds. The number of nitrogens with two attached hydrogens (primary N) is 1. The molecule has 0 atom stereocenters. The highest BCUT2D eigenvalue weighted by Crippen LogP contribution is 2.19. The molecule has 1 aromatic rings. The van der Waals surface area contributed by atoms with Gasteiger partial charge >= 0.3 is 0 Å². The Morgan fingerprint density at radius 1 is 1.29 bits per heavy atom. The smallest absolute Gasteiger partial charge is 0.252 e. The third-order valence-electron chi connectivity index (χ3n) is 3.82. The van der Waals surface area contributed by atoms with Gasteiger partial charge in [0, 0.05) is 38.9 Å². The van der Waals surface area contributed by atoms with Crippen LogP contribution in [0.15, 0.2) is 18.3 Å². The number of rotatable bonds is 4. The topological polar surface area (TPSA) is 80.9 Å². The maximum atomic E-state index is 11.5. The molecule has 0 bridgehead atoms.